The summed E-state index contributed by atoms with van der Waals surface area (Å²) in [6, 6.07) is 12.0. The van der Waals surface area contributed by atoms with Gasteiger partial charge in [0.2, 0.25) is 0 Å². The number of rotatable bonds is 5. The maximum atomic E-state index is 13.0. The van der Waals surface area contributed by atoms with Crippen molar-refractivity contribution in [3.8, 4) is 11.5 Å². The molecule has 0 spiro atoms. The fraction of sp³-hybridized carbons (Fsp3) is 0.250. The van der Waals surface area contributed by atoms with Gasteiger partial charge in [0.05, 0.1) is 5.56 Å². The molecule has 0 saturated carbocycles. The van der Waals surface area contributed by atoms with Crippen molar-refractivity contribution in [3.05, 3.63) is 59.7 Å². The SMILES string of the molecule is COC(COc1c[c]cc(O)c1)c1ccccc1C(F)(F)F. The molecule has 6 heteroatoms. The second-order valence-corrected chi connectivity index (χ2v) is 4.55. The molecule has 0 fully saturated rings. The molecule has 2 aromatic carbocycles. The zero-order chi connectivity index (χ0) is 16.2. The minimum atomic E-state index is -4.47. The van der Waals surface area contributed by atoms with E-state index in [1.54, 1.807) is 0 Å². The first kappa shape index (κ1) is 16.2. The van der Waals surface area contributed by atoms with E-state index in [9.17, 15) is 18.3 Å². The third-order valence-corrected chi connectivity index (χ3v) is 3.05. The van der Waals surface area contributed by atoms with Crippen molar-refractivity contribution in [1.82, 2.24) is 0 Å². The van der Waals surface area contributed by atoms with E-state index >= 15 is 0 Å². The Hall–Kier alpha value is -2.21. The fourth-order valence-corrected chi connectivity index (χ4v) is 2.01. The minimum absolute atomic E-state index is 0.00151. The van der Waals surface area contributed by atoms with Gasteiger partial charge in [0.15, 0.2) is 0 Å². The van der Waals surface area contributed by atoms with Crippen molar-refractivity contribution in [2.24, 2.45) is 0 Å². The molecule has 1 N–H and O–H groups in total. The number of phenols is 1. The number of methoxy groups -OCH3 is 1. The van der Waals surface area contributed by atoms with Gasteiger partial charge in [-0.2, -0.15) is 13.2 Å². The van der Waals surface area contributed by atoms with Gasteiger partial charge >= 0.3 is 6.18 Å². The molecule has 22 heavy (non-hydrogen) atoms. The lowest BCUT2D eigenvalue weighted by Crippen LogP contribution is -2.18. The molecule has 0 aliphatic rings. The van der Waals surface area contributed by atoms with Crippen molar-refractivity contribution in [1.29, 1.82) is 0 Å². The van der Waals surface area contributed by atoms with Gasteiger partial charge in [-0.05, 0) is 29.8 Å². The highest BCUT2D eigenvalue weighted by Crippen LogP contribution is 2.35. The van der Waals surface area contributed by atoms with Crippen LogP contribution in [-0.4, -0.2) is 18.8 Å². The van der Waals surface area contributed by atoms with Gasteiger partial charge in [0.1, 0.15) is 24.2 Å². The first-order valence-electron chi connectivity index (χ1n) is 6.43. The van der Waals surface area contributed by atoms with Crippen LogP contribution < -0.4 is 4.74 Å². The van der Waals surface area contributed by atoms with Crippen LogP contribution in [0.1, 0.15) is 17.2 Å². The number of aromatic hydroxyl groups is 1. The molecule has 3 nitrogen and oxygen atoms in total. The standard InChI is InChI=1S/C16H14F3O3/c1-21-15(10-22-12-6-4-5-11(20)9-12)13-7-2-3-8-14(13)16(17,18)19/h2-3,5-9,15,20H,10H2,1H3. The topological polar surface area (TPSA) is 38.7 Å². The van der Waals surface area contributed by atoms with E-state index in [1.807, 2.05) is 0 Å². The van der Waals surface area contributed by atoms with E-state index in [1.165, 1.54) is 43.5 Å². The highest BCUT2D eigenvalue weighted by Gasteiger charge is 2.35. The van der Waals surface area contributed by atoms with E-state index in [-0.39, 0.29) is 17.9 Å². The number of phenolic OH excluding ortho intramolecular Hbond substituents is 1. The van der Waals surface area contributed by atoms with Crippen LogP contribution in [0.4, 0.5) is 13.2 Å². The molecule has 0 aliphatic carbocycles. The predicted octanol–water partition coefficient (Wildman–Crippen LogP) is 3.98. The van der Waals surface area contributed by atoms with Gasteiger partial charge in [-0.3, -0.25) is 0 Å². The molecule has 2 rings (SSSR count). The predicted molar refractivity (Wildman–Crippen MR) is 73.6 cm³/mol. The zero-order valence-electron chi connectivity index (χ0n) is 11.7. The van der Waals surface area contributed by atoms with Crippen LogP contribution in [0.2, 0.25) is 0 Å². The molecule has 1 radical (unpaired) electrons. The maximum absolute atomic E-state index is 13.0. The van der Waals surface area contributed by atoms with Crippen LogP contribution in [0.25, 0.3) is 0 Å². The number of halogens is 3. The van der Waals surface area contributed by atoms with Gasteiger partial charge in [0, 0.05) is 13.2 Å². The third-order valence-electron chi connectivity index (χ3n) is 3.05. The molecule has 0 bridgehead atoms. The highest BCUT2D eigenvalue weighted by atomic mass is 19.4. The van der Waals surface area contributed by atoms with Crippen molar-refractivity contribution in [2.45, 2.75) is 12.3 Å². The lowest BCUT2D eigenvalue weighted by atomic mass is 10.0. The van der Waals surface area contributed by atoms with E-state index < -0.39 is 17.8 Å². The summed E-state index contributed by atoms with van der Waals surface area (Å²) in [5.41, 5.74) is -0.755. The lowest BCUT2D eigenvalue weighted by molar-refractivity contribution is -0.139. The highest BCUT2D eigenvalue weighted by molar-refractivity contribution is 5.33. The average molecular weight is 311 g/mol. The third kappa shape index (κ3) is 3.92. The smallest absolute Gasteiger partial charge is 0.416 e. The van der Waals surface area contributed by atoms with E-state index in [0.717, 1.165) is 6.07 Å². The Morgan fingerprint density at radius 2 is 1.95 bits per heavy atom. The Labute approximate surface area is 125 Å². The number of hydrogen-bond donors (Lipinski definition) is 1. The van der Waals surface area contributed by atoms with Crippen molar-refractivity contribution in [2.75, 3.05) is 13.7 Å². The summed E-state index contributed by atoms with van der Waals surface area (Å²) in [5.74, 6) is 0.258. The lowest BCUT2D eigenvalue weighted by Gasteiger charge is -2.21. The second kappa shape index (κ2) is 6.70. The first-order valence-corrected chi connectivity index (χ1v) is 6.43. The Balaban J connectivity index is 2.19. The molecule has 1 unspecified atom stereocenters. The van der Waals surface area contributed by atoms with Gasteiger partial charge < -0.3 is 14.6 Å². The quantitative estimate of drug-likeness (QED) is 0.908. The molecule has 0 saturated heterocycles. The summed E-state index contributed by atoms with van der Waals surface area (Å²) in [6.45, 7) is -0.124. The van der Waals surface area contributed by atoms with Crippen molar-refractivity contribution < 1.29 is 27.8 Å². The number of ether oxygens (including phenoxy) is 2. The van der Waals surface area contributed by atoms with Gasteiger partial charge in [-0.15, -0.1) is 0 Å². The van der Waals surface area contributed by atoms with Crippen LogP contribution in [0, 0.1) is 6.07 Å². The molecular weight excluding hydrogens is 297 g/mol. The van der Waals surface area contributed by atoms with Crippen LogP contribution in [0.5, 0.6) is 11.5 Å². The molecular formula is C16H14F3O3. The summed E-state index contributed by atoms with van der Waals surface area (Å²) < 4.78 is 49.6. The largest absolute Gasteiger partial charge is 0.508 e. The normalized spacial score (nSPS) is 12.9. The Morgan fingerprint density at radius 1 is 1.23 bits per heavy atom. The van der Waals surface area contributed by atoms with Crippen molar-refractivity contribution >= 4 is 0 Å². The summed E-state index contributed by atoms with van der Waals surface area (Å²) >= 11 is 0. The molecule has 0 amide bonds. The second-order valence-electron chi connectivity index (χ2n) is 4.55. The number of hydrogen-bond acceptors (Lipinski definition) is 3. The van der Waals surface area contributed by atoms with Crippen LogP contribution in [0.3, 0.4) is 0 Å². The van der Waals surface area contributed by atoms with Gasteiger partial charge in [-0.1, -0.05) is 18.2 Å². The van der Waals surface area contributed by atoms with Crippen LogP contribution in [0.15, 0.2) is 42.5 Å². The molecule has 0 aliphatic heterocycles. The summed E-state index contributed by atoms with van der Waals surface area (Å²) in [7, 11) is 1.32. The summed E-state index contributed by atoms with van der Waals surface area (Å²) in [5, 5.41) is 9.31. The van der Waals surface area contributed by atoms with Gasteiger partial charge in [-0.25, -0.2) is 0 Å². The summed E-state index contributed by atoms with van der Waals surface area (Å²) in [6.07, 6.45) is -5.35. The van der Waals surface area contributed by atoms with Gasteiger partial charge in [0.25, 0.3) is 0 Å². The van der Waals surface area contributed by atoms with E-state index in [2.05, 4.69) is 6.07 Å². The van der Waals surface area contributed by atoms with Crippen molar-refractivity contribution in [3.63, 3.8) is 0 Å². The number of alkyl halides is 3. The molecule has 0 aromatic heterocycles. The molecule has 1 atom stereocenters. The molecule has 117 valence electrons. The Bertz CT molecular complexity index is 626. The van der Waals surface area contributed by atoms with Crippen LogP contribution in [-0.2, 0) is 10.9 Å². The Kier molecular flexibility index (Phi) is 4.92. The van der Waals surface area contributed by atoms with E-state index in [0.29, 0.717) is 5.75 Å². The Morgan fingerprint density at radius 3 is 2.59 bits per heavy atom. The minimum Gasteiger partial charge on any atom is -0.508 e. The molecule has 2 aromatic rings. The monoisotopic (exact) mass is 311 g/mol. The summed E-state index contributed by atoms with van der Waals surface area (Å²) in [4.78, 5) is 0. The maximum Gasteiger partial charge on any atom is 0.416 e. The molecule has 0 heterocycles. The van der Waals surface area contributed by atoms with E-state index in [4.69, 9.17) is 9.47 Å². The average Bonchev–Trinajstić information content (AvgIpc) is 2.47. The fourth-order valence-electron chi connectivity index (χ4n) is 2.01. The zero-order valence-corrected chi connectivity index (χ0v) is 11.7. The first-order chi connectivity index (χ1) is 10.4. The van der Waals surface area contributed by atoms with Crippen LogP contribution >= 0.6 is 0 Å². The number of benzene rings is 2.